The molecular weight excluding hydrogens is 382 g/mol. The third-order valence-corrected chi connectivity index (χ3v) is 6.28. The zero-order valence-corrected chi connectivity index (χ0v) is 15.5. The molecule has 0 radical (unpaired) electrons. The van der Waals surface area contributed by atoms with Crippen molar-refractivity contribution in [3.63, 3.8) is 0 Å². The second kappa shape index (κ2) is 8.00. The smallest absolute Gasteiger partial charge is 0.240 e. The number of sulfonamides is 1. The van der Waals surface area contributed by atoms with E-state index in [9.17, 15) is 17.2 Å². The van der Waals surface area contributed by atoms with Gasteiger partial charge < -0.3 is 0 Å². The quantitative estimate of drug-likeness (QED) is 0.803. The summed E-state index contributed by atoms with van der Waals surface area (Å²) in [5, 5.41) is 0.566. The summed E-state index contributed by atoms with van der Waals surface area (Å²) >= 11 is 6.31. The molecule has 1 fully saturated rings. The lowest BCUT2D eigenvalue weighted by Gasteiger charge is -2.28. The van der Waals surface area contributed by atoms with Gasteiger partial charge in [-0.2, -0.15) is 0 Å². The molecule has 1 N–H and O–H groups in total. The lowest BCUT2D eigenvalue weighted by atomic mass is 10.1. The Morgan fingerprint density at radius 2 is 1.77 bits per heavy atom. The number of rotatable bonds is 6. The van der Waals surface area contributed by atoms with Crippen molar-refractivity contribution in [1.29, 1.82) is 0 Å². The summed E-state index contributed by atoms with van der Waals surface area (Å²) in [7, 11) is -3.97. The minimum Gasteiger partial charge on any atom is -0.295 e. The van der Waals surface area contributed by atoms with E-state index in [2.05, 4.69) is 9.62 Å². The van der Waals surface area contributed by atoms with E-state index >= 15 is 0 Å². The van der Waals surface area contributed by atoms with Gasteiger partial charge in [0, 0.05) is 17.6 Å². The molecule has 0 amide bonds. The van der Waals surface area contributed by atoms with Gasteiger partial charge in [-0.25, -0.2) is 21.9 Å². The number of likely N-dealkylation sites (tertiary alicyclic amines) is 1. The van der Waals surface area contributed by atoms with Gasteiger partial charge in [-0.05, 0) is 55.8 Å². The van der Waals surface area contributed by atoms with Crippen LogP contribution in [0, 0.1) is 11.6 Å². The summed E-state index contributed by atoms with van der Waals surface area (Å²) in [4.78, 5) is 1.87. The Morgan fingerprint density at radius 1 is 1.08 bits per heavy atom. The summed E-state index contributed by atoms with van der Waals surface area (Å²) < 4.78 is 53.9. The number of benzene rings is 2. The Kier molecular flexibility index (Phi) is 5.92. The number of halogens is 3. The largest absolute Gasteiger partial charge is 0.295 e. The van der Waals surface area contributed by atoms with E-state index in [-0.39, 0.29) is 17.5 Å². The Bertz CT molecular complexity index is 887. The maximum atomic E-state index is 13.4. The van der Waals surface area contributed by atoms with Crippen LogP contribution < -0.4 is 4.72 Å². The molecule has 0 aliphatic carbocycles. The van der Waals surface area contributed by atoms with Gasteiger partial charge in [0.15, 0.2) is 11.6 Å². The van der Waals surface area contributed by atoms with E-state index in [1.807, 2.05) is 18.2 Å². The van der Waals surface area contributed by atoms with Crippen molar-refractivity contribution >= 4 is 21.6 Å². The molecule has 2 aromatic rings. The van der Waals surface area contributed by atoms with Crippen LogP contribution in [0.25, 0.3) is 0 Å². The molecule has 4 nitrogen and oxygen atoms in total. The number of nitrogens with one attached hydrogen (secondary N) is 1. The first-order valence-corrected chi connectivity index (χ1v) is 10.2. The molecule has 1 saturated heterocycles. The Labute approximate surface area is 156 Å². The highest BCUT2D eigenvalue weighted by atomic mass is 35.5. The van der Waals surface area contributed by atoms with Gasteiger partial charge in [0.1, 0.15) is 0 Å². The lowest BCUT2D eigenvalue weighted by molar-refractivity contribution is 0.246. The maximum Gasteiger partial charge on any atom is 0.240 e. The van der Waals surface area contributed by atoms with Crippen LogP contribution in [0.5, 0.6) is 0 Å². The van der Waals surface area contributed by atoms with Crippen molar-refractivity contribution in [2.24, 2.45) is 0 Å². The Morgan fingerprint density at radius 3 is 2.42 bits per heavy atom. The van der Waals surface area contributed by atoms with Gasteiger partial charge in [0.2, 0.25) is 10.0 Å². The highest BCUT2D eigenvalue weighted by Gasteiger charge is 2.27. The van der Waals surface area contributed by atoms with Crippen LogP contribution in [-0.2, 0) is 10.0 Å². The fourth-order valence-electron chi connectivity index (χ4n) is 3.15. The predicted octanol–water partition coefficient (Wildman–Crippen LogP) is 3.73. The van der Waals surface area contributed by atoms with E-state index in [0.717, 1.165) is 43.6 Å². The summed E-state index contributed by atoms with van der Waals surface area (Å²) in [6.07, 6.45) is 2.08. The second-order valence-corrected chi connectivity index (χ2v) is 8.38. The second-order valence-electron chi connectivity index (χ2n) is 6.21. The standard InChI is InChI=1S/C18H19ClF2N2O2S/c19-15-6-2-1-5-14(15)18(23-9-3-4-10-23)12-22-26(24,25)13-7-8-16(20)17(21)11-13/h1-2,5-8,11,18,22H,3-4,9-10,12H2/t18-/m0/s1. The fraction of sp³-hybridized carbons (Fsp3) is 0.333. The van der Waals surface area contributed by atoms with E-state index in [1.54, 1.807) is 6.07 Å². The first-order valence-electron chi connectivity index (χ1n) is 8.32. The zero-order valence-electron chi connectivity index (χ0n) is 14.0. The summed E-state index contributed by atoms with van der Waals surface area (Å²) in [6.45, 7) is 1.79. The van der Waals surface area contributed by atoms with E-state index in [0.29, 0.717) is 11.1 Å². The molecule has 3 rings (SSSR count). The van der Waals surface area contributed by atoms with Crippen LogP contribution >= 0.6 is 11.6 Å². The molecule has 140 valence electrons. The molecular formula is C18H19ClF2N2O2S. The van der Waals surface area contributed by atoms with Crippen LogP contribution in [0.15, 0.2) is 47.4 Å². The predicted molar refractivity (Wildman–Crippen MR) is 96.5 cm³/mol. The first-order chi connectivity index (χ1) is 12.4. The van der Waals surface area contributed by atoms with Crippen molar-refractivity contribution in [3.8, 4) is 0 Å². The molecule has 1 aliphatic heterocycles. The number of hydrogen-bond donors (Lipinski definition) is 1. The van der Waals surface area contributed by atoms with Gasteiger partial charge >= 0.3 is 0 Å². The summed E-state index contributed by atoms with van der Waals surface area (Å²) in [5.41, 5.74) is 0.837. The normalized spacial score (nSPS) is 16.7. The van der Waals surface area contributed by atoms with Crippen LogP contribution in [0.2, 0.25) is 5.02 Å². The van der Waals surface area contributed by atoms with E-state index < -0.39 is 21.7 Å². The van der Waals surface area contributed by atoms with Crippen LogP contribution in [0.3, 0.4) is 0 Å². The lowest BCUT2D eigenvalue weighted by Crippen LogP contribution is -2.37. The highest BCUT2D eigenvalue weighted by Crippen LogP contribution is 2.30. The molecule has 1 aliphatic rings. The molecule has 0 spiro atoms. The Hall–Kier alpha value is -1.54. The summed E-state index contributed by atoms with van der Waals surface area (Å²) in [6, 6.07) is 9.61. The molecule has 8 heteroatoms. The number of hydrogen-bond acceptors (Lipinski definition) is 3. The number of nitrogens with zero attached hydrogens (tertiary/aromatic N) is 1. The van der Waals surface area contributed by atoms with Crippen molar-refractivity contribution < 1.29 is 17.2 Å². The third kappa shape index (κ3) is 4.23. The van der Waals surface area contributed by atoms with Gasteiger partial charge in [-0.1, -0.05) is 29.8 Å². The van der Waals surface area contributed by atoms with Gasteiger partial charge in [-0.3, -0.25) is 4.90 Å². The SMILES string of the molecule is O=S(=O)(NC[C@@H](c1ccccc1Cl)N1CCCC1)c1ccc(F)c(F)c1. The zero-order chi connectivity index (χ0) is 18.7. The third-order valence-electron chi connectivity index (χ3n) is 4.51. The minimum atomic E-state index is -3.97. The van der Waals surface area contributed by atoms with Gasteiger partial charge in [0.05, 0.1) is 4.90 Å². The van der Waals surface area contributed by atoms with E-state index in [4.69, 9.17) is 11.6 Å². The van der Waals surface area contributed by atoms with Gasteiger partial charge in [-0.15, -0.1) is 0 Å². The van der Waals surface area contributed by atoms with Crippen LogP contribution in [0.1, 0.15) is 24.4 Å². The monoisotopic (exact) mass is 400 g/mol. The molecule has 26 heavy (non-hydrogen) atoms. The average Bonchev–Trinajstić information content (AvgIpc) is 3.13. The summed E-state index contributed by atoms with van der Waals surface area (Å²) in [5.74, 6) is -2.29. The Balaban J connectivity index is 1.83. The van der Waals surface area contributed by atoms with E-state index in [1.165, 1.54) is 0 Å². The molecule has 0 unspecified atom stereocenters. The topological polar surface area (TPSA) is 49.4 Å². The van der Waals surface area contributed by atoms with Crippen molar-refractivity contribution in [1.82, 2.24) is 9.62 Å². The fourth-order valence-corrected chi connectivity index (χ4v) is 4.46. The maximum absolute atomic E-state index is 13.4. The van der Waals surface area contributed by atoms with Crippen LogP contribution in [-0.4, -0.2) is 33.0 Å². The first kappa shape index (κ1) is 19.2. The van der Waals surface area contributed by atoms with Crippen LogP contribution in [0.4, 0.5) is 8.78 Å². The molecule has 2 aromatic carbocycles. The molecule has 1 atom stereocenters. The minimum absolute atomic E-state index is 0.0884. The van der Waals surface area contributed by atoms with Crippen molar-refractivity contribution in [3.05, 3.63) is 64.7 Å². The molecule has 0 aromatic heterocycles. The highest BCUT2D eigenvalue weighted by molar-refractivity contribution is 7.89. The molecule has 0 saturated carbocycles. The molecule has 1 heterocycles. The average molecular weight is 401 g/mol. The van der Waals surface area contributed by atoms with Crippen molar-refractivity contribution in [2.45, 2.75) is 23.8 Å². The van der Waals surface area contributed by atoms with Crippen molar-refractivity contribution in [2.75, 3.05) is 19.6 Å². The van der Waals surface area contributed by atoms with Gasteiger partial charge in [0.25, 0.3) is 0 Å². The molecule has 0 bridgehead atoms.